The van der Waals surface area contributed by atoms with Crippen LogP contribution in [0, 0.1) is 25.6 Å². The second-order valence-electron chi connectivity index (χ2n) is 15.0. The summed E-state index contributed by atoms with van der Waals surface area (Å²) in [5, 5.41) is 5.64. The van der Waals surface area contributed by atoms with Crippen LogP contribution in [-0.2, 0) is 24.4 Å². The molecule has 3 fully saturated rings. The molecule has 54 heavy (non-hydrogen) atoms. The highest BCUT2D eigenvalue weighted by Crippen LogP contribution is 2.47. The van der Waals surface area contributed by atoms with Crippen LogP contribution < -0.4 is 20.1 Å². The van der Waals surface area contributed by atoms with Gasteiger partial charge in [-0.25, -0.2) is 27.8 Å². The minimum absolute atomic E-state index is 0.00228. The fourth-order valence-electron chi connectivity index (χ4n) is 7.07. The molecule has 7 rings (SSSR count). The normalized spacial score (nSPS) is 27.4. The number of hydrogen-bond acceptors (Lipinski definition) is 11. The molecule has 17 heteroatoms. The highest BCUT2D eigenvalue weighted by molar-refractivity contribution is 7.91. The third-order valence-electron chi connectivity index (χ3n) is 10.8. The lowest BCUT2D eigenvalue weighted by Crippen LogP contribution is -2.58. The molecule has 2 aromatic heterocycles. The Morgan fingerprint density at radius 3 is 2.61 bits per heavy atom. The lowest BCUT2D eigenvalue weighted by atomic mass is 10.0. The SMILES string of the molecule is Cc1cnc(C(=O)N[C@H]2CCCCC/C=C\[C@@H]3C[C@@]3(C(=O)NS(=O)(=O)C3(C)CC3)NC(=O)[C@@H]3C[C@@H](Oc4nc5c(F)cccc5nc4C)CN3C2=O)cn1. The van der Waals surface area contributed by atoms with Crippen molar-refractivity contribution in [2.45, 2.75) is 107 Å². The number of hydrogen-bond donors (Lipinski definition) is 3. The predicted molar refractivity (Wildman–Crippen MR) is 193 cm³/mol. The highest BCUT2D eigenvalue weighted by atomic mass is 32.2. The number of ether oxygens (including phenoxy) is 1. The number of nitrogens with one attached hydrogen (secondary N) is 3. The van der Waals surface area contributed by atoms with E-state index in [2.05, 4.69) is 35.3 Å². The van der Waals surface area contributed by atoms with E-state index in [0.29, 0.717) is 42.6 Å². The van der Waals surface area contributed by atoms with Crippen LogP contribution in [0.2, 0.25) is 0 Å². The molecule has 3 N–H and O–H groups in total. The fraction of sp³-hybridized carbons (Fsp3) is 0.514. The number of benzene rings is 1. The Morgan fingerprint density at radius 1 is 1.07 bits per heavy atom. The molecule has 0 radical (unpaired) electrons. The summed E-state index contributed by atoms with van der Waals surface area (Å²) in [7, 11) is -4.02. The molecule has 1 saturated heterocycles. The van der Waals surface area contributed by atoms with Gasteiger partial charge >= 0.3 is 0 Å². The van der Waals surface area contributed by atoms with Gasteiger partial charge < -0.3 is 20.3 Å². The first kappa shape index (κ1) is 37.3. The van der Waals surface area contributed by atoms with Gasteiger partial charge in [-0.1, -0.05) is 31.1 Å². The van der Waals surface area contributed by atoms with E-state index < -0.39 is 73.9 Å². The zero-order valence-electron chi connectivity index (χ0n) is 30.3. The standard InChI is InChI=1S/C37H43FN8O7S/c1-21-18-40-28(19-39-21)31(47)42-27-12-8-6-4-5-7-10-23-17-37(23,35(50)45-54(51,52)36(3)14-15-36)44-32(48)29-16-24(20-46(29)34(27)49)53-33-22(2)41-26-13-9-11-25(38)30(26)43-33/h7,9-11,13,18-19,23-24,27,29H,4-6,8,12,14-17,20H2,1-3H3,(H,42,47)(H,44,48)(H,45,50)/b10-7-/t23-,24-,27+,29+,37-/m1/s1. The van der Waals surface area contributed by atoms with Crippen molar-refractivity contribution in [2.75, 3.05) is 6.54 Å². The van der Waals surface area contributed by atoms with Crippen LogP contribution in [-0.4, -0.2) is 91.9 Å². The van der Waals surface area contributed by atoms with Crippen LogP contribution in [0.1, 0.15) is 86.6 Å². The van der Waals surface area contributed by atoms with Crippen molar-refractivity contribution in [2.24, 2.45) is 5.92 Å². The van der Waals surface area contributed by atoms with Gasteiger partial charge in [0.15, 0.2) is 5.82 Å². The van der Waals surface area contributed by atoms with Crippen LogP contribution in [0.3, 0.4) is 0 Å². The molecule has 2 aliphatic carbocycles. The maximum absolute atomic E-state index is 14.7. The van der Waals surface area contributed by atoms with Crippen LogP contribution in [0.5, 0.6) is 5.88 Å². The van der Waals surface area contributed by atoms with E-state index in [9.17, 15) is 32.0 Å². The van der Waals surface area contributed by atoms with Gasteiger partial charge in [0.2, 0.25) is 27.7 Å². The molecule has 0 unspecified atom stereocenters. The van der Waals surface area contributed by atoms with Gasteiger partial charge in [-0.2, -0.15) is 0 Å². The molecule has 4 aliphatic rings. The van der Waals surface area contributed by atoms with Crippen molar-refractivity contribution < 1.29 is 36.7 Å². The molecule has 0 spiro atoms. The maximum Gasteiger partial charge on any atom is 0.272 e. The first-order valence-electron chi connectivity index (χ1n) is 18.2. The van der Waals surface area contributed by atoms with Gasteiger partial charge in [0.25, 0.3) is 11.8 Å². The molecule has 5 atom stereocenters. The Kier molecular flexibility index (Phi) is 9.87. The minimum atomic E-state index is -4.02. The molecule has 1 aromatic carbocycles. The van der Waals surface area contributed by atoms with E-state index in [4.69, 9.17) is 4.74 Å². The average molecular weight is 763 g/mol. The number of nitrogens with zero attached hydrogens (tertiary/aromatic N) is 5. The molecule has 2 aliphatic heterocycles. The van der Waals surface area contributed by atoms with Crippen LogP contribution in [0.4, 0.5) is 4.39 Å². The van der Waals surface area contributed by atoms with Crippen molar-refractivity contribution in [3.8, 4) is 5.88 Å². The van der Waals surface area contributed by atoms with Crippen molar-refractivity contribution >= 4 is 44.7 Å². The monoisotopic (exact) mass is 762 g/mol. The van der Waals surface area contributed by atoms with E-state index in [-0.39, 0.29) is 42.9 Å². The van der Waals surface area contributed by atoms with Gasteiger partial charge in [-0.3, -0.25) is 28.9 Å². The first-order chi connectivity index (χ1) is 25.7. The Morgan fingerprint density at radius 2 is 1.87 bits per heavy atom. The molecule has 2 saturated carbocycles. The summed E-state index contributed by atoms with van der Waals surface area (Å²) < 4.78 is 48.3. The fourth-order valence-corrected chi connectivity index (χ4v) is 8.39. The van der Waals surface area contributed by atoms with Gasteiger partial charge in [0.05, 0.1) is 28.7 Å². The quantitative estimate of drug-likeness (QED) is 0.299. The lowest BCUT2D eigenvalue weighted by Gasteiger charge is -2.30. The summed E-state index contributed by atoms with van der Waals surface area (Å²) in [6.07, 6.45) is 9.65. The number of halogens is 1. The average Bonchev–Trinajstić information content (AvgIpc) is 4.01. The van der Waals surface area contributed by atoms with Crippen molar-refractivity contribution in [3.63, 3.8) is 0 Å². The predicted octanol–water partition coefficient (Wildman–Crippen LogP) is 2.72. The van der Waals surface area contributed by atoms with Crippen molar-refractivity contribution in [3.05, 3.63) is 65.6 Å². The summed E-state index contributed by atoms with van der Waals surface area (Å²) in [6.45, 7) is 4.84. The molecular formula is C37H43FN8O7S. The van der Waals surface area contributed by atoms with Crippen molar-refractivity contribution in [1.29, 1.82) is 0 Å². The number of carbonyl (C=O) groups excluding carboxylic acids is 4. The van der Waals surface area contributed by atoms with Gasteiger partial charge in [0.1, 0.15) is 40.6 Å². The number of para-hydroxylation sites is 1. The second kappa shape index (κ2) is 14.3. The van der Waals surface area contributed by atoms with Gasteiger partial charge in [-0.15, -0.1) is 0 Å². The first-order valence-corrected chi connectivity index (χ1v) is 19.7. The number of sulfonamides is 1. The molecule has 286 valence electrons. The van der Waals surface area contributed by atoms with Crippen LogP contribution in [0.25, 0.3) is 11.0 Å². The number of amides is 4. The van der Waals surface area contributed by atoms with E-state index in [1.807, 2.05) is 12.2 Å². The third-order valence-corrected chi connectivity index (χ3v) is 13.0. The van der Waals surface area contributed by atoms with Crippen LogP contribution >= 0.6 is 0 Å². The third kappa shape index (κ3) is 7.37. The number of allylic oxidation sites excluding steroid dienone is 1. The molecular weight excluding hydrogens is 720 g/mol. The number of rotatable bonds is 7. The van der Waals surface area contributed by atoms with E-state index in [1.54, 1.807) is 26.8 Å². The summed E-state index contributed by atoms with van der Waals surface area (Å²) in [4.78, 5) is 74.4. The molecule has 4 amide bonds. The van der Waals surface area contributed by atoms with Gasteiger partial charge in [-0.05, 0) is 71.4 Å². The van der Waals surface area contributed by atoms with E-state index in [0.717, 1.165) is 12.8 Å². The summed E-state index contributed by atoms with van der Waals surface area (Å²) >= 11 is 0. The van der Waals surface area contributed by atoms with Crippen molar-refractivity contribution in [1.82, 2.24) is 40.2 Å². The smallest absolute Gasteiger partial charge is 0.272 e. The van der Waals surface area contributed by atoms with Gasteiger partial charge in [0, 0.05) is 18.5 Å². The Labute approximate surface area is 312 Å². The Bertz CT molecular complexity index is 2150. The molecule has 3 aromatic rings. The van der Waals surface area contributed by atoms with E-state index in [1.165, 1.54) is 29.4 Å². The Hall–Kier alpha value is -5.06. The Balaban J connectivity index is 1.20. The summed E-state index contributed by atoms with van der Waals surface area (Å²) in [5.41, 5.74) is -0.231. The number of aryl methyl sites for hydroxylation is 2. The molecule has 0 bridgehead atoms. The zero-order valence-corrected chi connectivity index (χ0v) is 31.1. The van der Waals surface area contributed by atoms with E-state index >= 15 is 0 Å². The number of aromatic nitrogens is 4. The molecule has 15 nitrogen and oxygen atoms in total. The lowest BCUT2D eigenvalue weighted by molar-refractivity contribution is -0.141. The highest BCUT2D eigenvalue weighted by Gasteiger charge is 2.63. The topological polar surface area (TPSA) is 203 Å². The molecule has 4 heterocycles. The summed E-state index contributed by atoms with van der Waals surface area (Å²) in [5.74, 6) is -3.72. The maximum atomic E-state index is 14.7. The number of fused-ring (bicyclic) bond motifs is 3. The van der Waals surface area contributed by atoms with Crippen LogP contribution in [0.15, 0.2) is 42.7 Å². The summed E-state index contributed by atoms with van der Waals surface area (Å²) in [6, 6.07) is 2.15. The largest absolute Gasteiger partial charge is 0.471 e. The zero-order chi connectivity index (χ0) is 38.4. The minimum Gasteiger partial charge on any atom is -0.471 e. The number of carbonyl (C=O) groups is 4. The second-order valence-corrected chi connectivity index (χ2v) is 17.2.